The van der Waals surface area contributed by atoms with Crippen LogP contribution in [-0.2, 0) is 4.79 Å². The van der Waals surface area contributed by atoms with Gasteiger partial charge in [-0.3, -0.25) is 9.59 Å². The number of furan rings is 1. The van der Waals surface area contributed by atoms with E-state index in [1.807, 2.05) is 30.3 Å². The molecule has 6 nitrogen and oxygen atoms in total. The van der Waals surface area contributed by atoms with Gasteiger partial charge in [-0.25, -0.2) is 4.98 Å². The summed E-state index contributed by atoms with van der Waals surface area (Å²) in [6, 6.07) is 12.9. The van der Waals surface area contributed by atoms with Crippen molar-refractivity contribution in [2.75, 3.05) is 11.9 Å². The third-order valence-electron chi connectivity index (χ3n) is 3.29. The Morgan fingerprint density at radius 2 is 1.96 bits per heavy atom. The number of rotatable bonds is 5. The van der Waals surface area contributed by atoms with Crippen LogP contribution in [0.3, 0.4) is 0 Å². The first-order valence-corrected chi connectivity index (χ1v) is 7.18. The number of para-hydroxylation sites is 1. The number of carbonyl (C=O) groups excluding carboxylic acids is 2. The molecule has 0 fully saturated rings. The lowest BCUT2D eigenvalue weighted by Crippen LogP contribution is -2.27. The molecule has 3 aromatic rings. The molecule has 0 aliphatic rings. The number of nitrogens with one attached hydrogen (secondary N) is 2. The van der Waals surface area contributed by atoms with E-state index in [4.69, 9.17) is 4.42 Å². The van der Waals surface area contributed by atoms with Gasteiger partial charge in [0.05, 0.1) is 17.3 Å². The first kappa shape index (κ1) is 14.8. The highest BCUT2D eigenvalue weighted by atomic mass is 16.3. The van der Waals surface area contributed by atoms with Gasteiger partial charge in [-0.2, -0.15) is 0 Å². The number of amides is 2. The van der Waals surface area contributed by atoms with E-state index in [-0.39, 0.29) is 24.8 Å². The normalized spacial score (nSPS) is 10.4. The Bertz CT molecular complexity index is 828. The third kappa shape index (κ3) is 3.74. The Labute approximate surface area is 132 Å². The minimum Gasteiger partial charge on any atom is -0.472 e. The van der Waals surface area contributed by atoms with Gasteiger partial charge in [-0.1, -0.05) is 18.2 Å². The minimum absolute atomic E-state index is 0.165. The number of fused-ring (bicyclic) bond motifs is 1. The Kier molecular flexibility index (Phi) is 4.33. The van der Waals surface area contributed by atoms with E-state index in [9.17, 15) is 9.59 Å². The Balaban J connectivity index is 1.51. The number of hydrogen-bond donors (Lipinski definition) is 2. The lowest BCUT2D eigenvalue weighted by atomic mass is 10.2. The van der Waals surface area contributed by atoms with Crippen LogP contribution in [0.25, 0.3) is 10.9 Å². The van der Waals surface area contributed by atoms with Crippen molar-refractivity contribution in [2.24, 2.45) is 0 Å². The van der Waals surface area contributed by atoms with Gasteiger partial charge in [-0.15, -0.1) is 0 Å². The average Bonchev–Trinajstić information content (AvgIpc) is 3.09. The number of carbonyl (C=O) groups is 2. The van der Waals surface area contributed by atoms with Crippen molar-refractivity contribution in [2.45, 2.75) is 6.42 Å². The maximum absolute atomic E-state index is 11.9. The van der Waals surface area contributed by atoms with Crippen molar-refractivity contribution in [1.29, 1.82) is 0 Å². The molecule has 0 aliphatic heterocycles. The molecule has 2 amide bonds. The Morgan fingerprint density at radius 1 is 1.09 bits per heavy atom. The zero-order valence-corrected chi connectivity index (χ0v) is 12.3. The third-order valence-corrected chi connectivity index (χ3v) is 3.29. The van der Waals surface area contributed by atoms with Gasteiger partial charge in [0.2, 0.25) is 5.91 Å². The number of hydrogen-bond acceptors (Lipinski definition) is 4. The fraction of sp³-hybridized carbons (Fsp3) is 0.118. The summed E-state index contributed by atoms with van der Waals surface area (Å²) < 4.78 is 4.83. The predicted octanol–water partition coefficient (Wildman–Crippen LogP) is 2.59. The van der Waals surface area contributed by atoms with Crippen LogP contribution >= 0.6 is 0 Å². The van der Waals surface area contributed by atoms with Gasteiger partial charge in [0.25, 0.3) is 5.91 Å². The zero-order chi connectivity index (χ0) is 16.1. The van der Waals surface area contributed by atoms with Crippen LogP contribution in [0.4, 0.5) is 5.82 Å². The molecule has 2 aromatic heterocycles. The first-order chi connectivity index (χ1) is 11.2. The van der Waals surface area contributed by atoms with Crippen LogP contribution in [0, 0.1) is 0 Å². The number of anilines is 1. The van der Waals surface area contributed by atoms with E-state index in [1.165, 1.54) is 12.5 Å². The average molecular weight is 309 g/mol. The first-order valence-electron chi connectivity index (χ1n) is 7.18. The predicted molar refractivity (Wildman–Crippen MR) is 86.0 cm³/mol. The fourth-order valence-corrected chi connectivity index (χ4v) is 2.13. The highest BCUT2D eigenvalue weighted by Gasteiger charge is 2.08. The summed E-state index contributed by atoms with van der Waals surface area (Å²) >= 11 is 0. The molecule has 0 saturated carbocycles. The van der Waals surface area contributed by atoms with E-state index < -0.39 is 0 Å². The SMILES string of the molecule is O=C(CCNC(=O)c1ccoc1)Nc1ccc2ccccc2n1. The van der Waals surface area contributed by atoms with E-state index in [0.717, 1.165) is 10.9 Å². The van der Waals surface area contributed by atoms with Gasteiger partial charge in [0.15, 0.2) is 0 Å². The van der Waals surface area contributed by atoms with E-state index in [2.05, 4.69) is 15.6 Å². The highest BCUT2D eigenvalue weighted by molar-refractivity contribution is 5.95. The molecule has 23 heavy (non-hydrogen) atoms. The molecule has 3 rings (SSSR count). The van der Waals surface area contributed by atoms with Crippen LogP contribution < -0.4 is 10.6 Å². The summed E-state index contributed by atoms with van der Waals surface area (Å²) in [5, 5.41) is 6.39. The molecule has 0 atom stereocenters. The van der Waals surface area contributed by atoms with Crippen molar-refractivity contribution in [3.8, 4) is 0 Å². The molecule has 0 aliphatic carbocycles. The van der Waals surface area contributed by atoms with Crippen LogP contribution in [0.1, 0.15) is 16.8 Å². The molecular weight excluding hydrogens is 294 g/mol. The molecule has 0 spiro atoms. The largest absolute Gasteiger partial charge is 0.472 e. The second-order valence-electron chi connectivity index (χ2n) is 4.96. The van der Waals surface area contributed by atoms with Gasteiger partial charge < -0.3 is 15.1 Å². The maximum Gasteiger partial charge on any atom is 0.254 e. The number of aromatic nitrogens is 1. The summed E-state index contributed by atoms with van der Waals surface area (Å²) in [6.07, 6.45) is 2.94. The Morgan fingerprint density at radius 3 is 2.78 bits per heavy atom. The van der Waals surface area contributed by atoms with Crippen molar-refractivity contribution in [3.05, 3.63) is 60.6 Å². The molecule has 2 N–H and O–H groups in total. The lowest BCUT2D eigenvalue weighted by molar-refractivity contribution is -0.116. The van der Waals surface area contributed by atoms with Crippen molar-refractivity contribution in [3.63, 3.8) is 0 Å². The molecule has 0 unspecified atom stereocenters. The summed E-state index contributed by atoms with van der Waals surface area (Å²) in [5.41, 5.74) is 1.25. The fourth-order valence-electron chi connectivity index (χ4n) is 2.13. The van der Waals surface area contributed by atoms with Gasteiger partial charge in [0.1, 0.15) is 12.1 Å². The summed E-state index contributed by atoms with van der Waals surface area (Å²) in [4.78, 5) is 27.9. The lowest BCUT2D eigenvalue weighted by Gasteiger charge is -2.06. The second kappa shape index (κ2) is 6.74. The second-order valence-corrected chi connectivity index (χ2v) is 4.96. The number of benzene rings is 1. The molecule has 1 aromatic carbocycles. The van der Waals surface area contributed by atoms with Crippen molar-refractivity contribution >= 4 is 28.5 Å². The number of nitrogens with zero attached hydrogens (tertiary/aromatic N) is 1. The molecular formula is C17H15N3O3. The molecule has 6 heteroatoms. The highest BCUT2D eigenvalue weighted by Crippen LogP contribution is 2.14. The smallest absolute Gasteiger partial charge is 0.254 e. The maximum atomic E-state index is 11.9. The zero-order valence-electron chi connectivity index (χ0n) is 12.3. The van der Waals surface area contributed by atoms with Crippen LogP contribution in [0.5, 0.6) is 0 Å². The van der Waals surface area contributed by atoms with Gasteiger partial charge >= 0.3 is 0 Å². The summed E-state index contributed by atoms with van der Waals surface area (Å²) in [7, 11) is 0. The van der Waals surface area contributed by atoms with E-state index >= 15 is 0 Å². The van der Waals surface area contributed by atoms with Gasteiger partial charge in [0, 0.05) is 18.4 Å². The Hall–Kier alpha value is -3.15. The summed E-state index contributed by atoms with van der Waals surface area (Å²) in [6.45, 7) is 0.240. The van der Waals surface area contributed by atoms with Crippen molar-refractivity contribution in [1.82, 2.24) is 10.3 Å². The molecule has 0 saturated heterocycles. The van der Waals surface area contributed by atoms with E-state index in [1.54, 1.807) is 12.1 Å². The molecule has 2 heterocycles. The van der Waals surface area contributed by atoms with Crippen LogP contribution in [0.15, 0.2) is 59.4 Å². The standard InChI is InChI=1S/C17H15N3O3/c21-16(7-9-18-17(22)13-8-10-23-11-13)20-15-6-5-12-3-1-2-4-14(12)19-15/h1-6,8,10-11H,7,9H2,(H,18,22)(H,19,20,21). The topological polar surface area (TPSA) is 84.2 Å². The van der Waals surface area contributed by atoms with Crippen LogP contribution in [-0.4, -0.2) is 23.3 Å². The number of pyridine rings is 1. The molecule has 116 valence electrons. The molecule has 0 bridgehead atoms. The van der Waals surface area contributed by atoms with Crippen molar-refractivity contribution < 1.29 is 14.0 Å². The quantitative estimate of drug-likeness (QED) is 0.758. The molecule has 0 radical (unpaired) electrons. The van der Waals surface area contributed by atoms with Gasteiger partial charge in [-0.05, 0) is 24.3 Å². The summed E-state index contributed by atoms with van der Waals surface area (Å²) in [5.74, 6) is 0.0190. The monoisotopic (exact) mass is 309 g/mol. The van der Waals surface area contributed by atoms with E-state index in [0.29, 0.717) is 11.4 Å². The van der Waals surface area contributed by atoms with Crippen LogP contribution in [0.2, 0.25) is 0 Å². The minimum atomic E-state index is -0.268.